The van der Waals surface area contributed by atoms with Crippen LogP contribution in [0, 0.1) is 0 Å². The van der Waals surface area contributed by atoms with Crippen molar-refractivity contribution in [3.63, 3.8) is 0 Å². The molecule has 2 aliphatic rings. The van der Waals surface area contributed by atoms with Crippen molar-refractivity contribution in [2.24, 2.45) is 9.98 Å². The van der Waals surface area contributed by atoms with Crippen LogP contribution in [0.25, 0.3) is 44.5 Å². The molecule has 7 aromatic rings. The van der Waals surface area contributed by atoms with E-state index in [4.69, 9.17) is 4.99 Å². The average Bonchev–Trinajstić information content (AvgIpc) is 3.24. The van der Waals surface area contributed by atoms with E-state index in [1.807, 2.05) is 18.5 Å². The smallest absolute Gasteiger partial charge is 0.144 e. The van der Waals surface area contributed by atoms with Gasteiger partial charge in [-0.2, -0.15) is 0 Å². The molecule has 9 rings (SSSR count). The second kappa shape index (κ2) is 13.9. The van der Waals surface area contributed by atoms with Crippen LogP contribution in [0.5, 0.6) is 0 Å². The largest absolute Gasteiger partial charge is 0.366 e. The third kappa shape index (κ3) is 6.34. The summed E-state index contributed by atoms with van der Waals surface area (Å²) in [7, 11) is 0. The summed E-state index contributed by atoms with van der Waals surface area (Å²) >= 11 is 0. The van der Waals surface area contributed by atoms with Crippen LogP contribution < -0.4 is 10.6 Å². The number of aliphatic imine (C=N–C) groups is 2. The zero-order valence-electron chi connectivity index (χ0n) is 28.5. The molecule has 4 nitrogen and oxygen atoms in total. The minimum atomic E-state index is -0.0827. The fourth-order valence-electron chi connectivity index (χ4n) is 7.11. The number of allylic oxidation sites excluding steroid dienone is 1. The van der Waals surface area contributed by atoms with Crippen molar-refractivity contribution in [2.75, 3.05) is 0 Å². The average molecular weight is 669 g/mol. The number of fused-ring (bicyclic) bond motifs is 1. The Kier molecular flexibility index (Phi) is 8.32. The summed E-state index contributed by atoms with van der Waals surface area (Å²) in [6, 6.07) is 62.7. The van der Waals surface area contributed by atoms with Gasteiger partial charge in [-0.15, -0.1) is 0 Å². The van der Waals surface area contributed by atoms with Gasteiger partial charge in [0.25, 0.3) is 0 Å². The number of amidine groups is 1. The molecule has 0 aromatic heterocycles. The van der Waals surface area contributed by atoms with Gasteiger partial charge in [-0.05, 0) is 92.2 Å². The normalized spacial score (nSPS) is 16.0. The molecule has 52 heavy (non-hydrogen) atoms. The number of benzene rings is 7. The molecule has 2 atom stereocenters. The van der Waals surface area contributed by atoms with Gasteiger partial charge in [0.15, 0.2) is 0 Å². The lowest BCUT2D eigenvalue weighted by atomic mass is 9.91. The molecule has 0 amide bonds. The Morgan fingerprint density at radius 2 is 0.942 bits per heavy atom. The van der Waals surface area contributed by atoms with Crippen molar-refractivity contribution in [1.82, 2.24) is 10.6 Å². The van der Waals surface area contributed by atoms with Gasteiger partial charge in [-0.1, -0.05) is 152 Å². The highest BCUT2D eigenvalue weighted by atomic mass is 15.1. The standard InChI is InChI=1S/C48H36N4/c1-4-11-33(12-5-1)35-17-19-36(20-18-35)41-29-42(37-21-23-39(24-22-37)47-49-27-10-28-50-47)31-43(30-41)48-51-45-32-40(34-13-6-2-7-14-34)25-26-44(45)46(52-48)38-15-8-3-9-16-38/h1-32,46-47,49H,(H,51,52). The monoisotopic (exact) mass is 668 g/mol. The maximum atomic E-state index is 5.35. The maximum absolute atomic E-state index is 5.35. The molecular formula is C48H36N4. The summed E-state index contributed by atoms with van der Waals surface area (Å²) in [6.07, 6.45) is 5.61. The molecule has 0 saturated carbocycles. The van der Waals surface area contributed by atoms with Crippen molar-refractivity contribution < 1.29 is 0 Å². The van der Waals surface area contributed by atoms with E-state index in [9.17, 15) is 0 Å². The number of nitrogens with one attached hydrogen (secondary N) is 2. The quantitative estimate of drug-likeness (QED) is 0.178. The summed E-state index contributed by atoms with van der Waals surface area (Å²) in [5.41, 5.74) is 14.7. The van der Waals surface area contributed by atoms with Gasteiger partial charge in [-0.3, -0.25) is 4.99 Å². The topological polar surface area (TPSA) is 48.8 Å². The Morgan fingerprint density at radius 1 is 0.423 bits per heavy atom. The van der Waals surface area contributed by atoms with Gasteiger partial charge in [0.2, 0.25) is 0 Å². The Bertz CT molecular complexity index is 2430. The molecule has 0 aliphatic carbocycles. The van der Waals surface area contributed by atoms with Crippen LogP contribution in [0.4, 0.5) is 5.69 Å². The van der Waals surface area contributed by atoms with Gasteiger partial charge in [0.05, 0.1) is 11.7 Å². The Labute approximate surface area is 304 Å². The van der Waals surface area contributed by atoms with E-state index in [1.54, 1.807) is 0 Å². The molecule has 0 fully saturated rings. The van der Waals surface area contributed by atoms with Crippen LogP contribution in [0.3, 0.4) is 0 Å². The zero-order valence-corrected chi connectivity index (χ0v) is 28.5. The number of nitrogens with zero attached hydrogens (tertiary/aromatic N) is 2. The molecule has 0 bridgehead atoms. The molecule has 0 radical (unpaired) electrons. The van der Waals surface area contributed by atoms with Gasteiger partial charge in [0, 0.05) is 17.3 Å². The first-order valence-electron chi connectivity index (χ1n) is 17.7. The lowest BCUT2D eigenvalue weighted by Gasteiger charge is -2.28. The second-order valence-corrected chi connectivity index (χ2v) is 13.2. The van der Waals surface area contributed by atoms with Crippen LogP contribution in [0.2, 0.25) is 0 Å². The zero-order chi connectivity index (χ0) is 34.7. The second-order valence-electron chi connectivity index (χ2n) is 13.2. The van der Waals surface area contributed by atoms with Gasteiger partial charge >= 0.3 is 0 Å². The molecule has 248 valence electrons. The van der Waals surface area contributed by atoms with Gasteiger partial charge in [0.1, 0.15) is 12.0 Å². The summed E-state index contributed by atoms with van der Waals surface area (Å²) in [6.45, 7) is 0. The summed E-state index contributed by atoms with van der Waals surface area (Å²) in [5, 5.41) is 7.19. The lowest BCUT2D eigenvalue weighted by Crippen LogP contribution is -2.32. The molecule has 2 N–H and O–H groups in total. The van der Waals surface area contributed by atoms with E-state index in [0.29, 0.717) is 0 Å². The van der Waals surface area contributed by atoms with E-state index in [0.717, 1.165) is 56.0 Å². The van der Waals surface area contributed by atoms with E-state index in [1.165, 1.54) is 22.3 Å². The Hall–Kier alpha value is -6.78. The SMILES string of the molecule is C1=CNC(c2ccc(-c3cc(C4=Nc5cc(-c6ccccc6)ccc5C(c5ccccc5)N4)cc(-c4ccc(-c5ccccc5)cc4)c3)cc2)N=C1. The first kappa shape index (κ1) is 31.2. The van der Waals surface area contributed by atoms with Crippen molar-refractivity contribution in [2.45, 2.75) is 12.2 Å². The fraction of sp³-hybridized carbons (Fsp3) is 0.0417. The molecule has 2 unspecified atom stereocenters. The maximum Gasteiger partial charge on any atom is 0.144 e. The van der Waals surface area contributed by atoms with Crippen molar-refractivity contribution in [1.29, 1.82) is 0 Å². The number of rotatable bonds is 7. The third-order valence-electron chi connectivity index (χ3n) is 9.86. The molecule has 2 aliphatic heterocycles. The van der Waals surface area contributed by atoms with Crippen molar-refractivity contribution in [3.8, 4) is 44.5 Å². The van der Waals surface area contributed by atoms with Crippen LogP contribution in [0.1, 0.15) is 34.5 Å². The predicted molar refractivity (Wildman–Crippen MR) is 216 cm³/mol. The van der Waals surface area contributed by atoms with Gasteiger partial charge < -0.3 is 10.6 Å². The number of hydrogen-bond donors (Lipinski definition) is 2. The molecule has 2 heterocycles. The highest BCUT2D eigenvalue weighted by molar-refractivity contribution is 6.04. The molecule has 4 heteroatoms. The van der Waals surface area contributed by atoms with Crippen LogP contribution in [-0.2, 0) is 0 Å². The van der Waals surface area contributed by atoms with E-state index < -0.39 is 0 Å². The van der Waals surface area contributed by atoms with Crippen LogP contribution in [0.15, 0.2) is 198 Å². The highest BCUT2D eigenvalue weighted by Crippen LogP contribution is 2.39. The number of hydrogen-bond acceptors (Lipinski definition) is 4. The molecule has 0 saturated heterocycles. The minimum Gasteiger partial charge on any atom is -0.366 e. The molecule has 0 spiro atoms. The first-order chi connectivity index (χ1) is 25.7. The van der Waals surface area contributed by atoms with E-state index >= 15 is 0 Å². The summed E-state index contributed by atoms with van der Waals surface area (Å²) < 4.78 is 0. The minimum absolute atomic E-state index is 0.0531. The Morgan fingerprint density at radius 3 is 1.56 bits per heavy atom. The van der Waals surface area contributed by atoms with Crippen molar-refractivity contribution >= 4 is 17.7 Å². The van der Waals surface area contributed by atoms with Crippen LogP contribution in [-0.4, -0.2) is 12.1 Å². The Balaban J connectivity index is 1.17. The van der Waals surface area contributed by atoms with Crippen molar-refractivity contribution in [3.05, 3.63) is 210 Å². The predicted octanol–water partition coefficient (Wildman–Crippen LogP) is 11.3. The summed E-state index contributed by atoms with van der Waals surface area (Å²) in [4.78, 5) is 9.94. The first-order valence-corrected chi connectivity index (χ1v) is 17.7. The summed E-state index contributed by atoms with van der Waals surface area (Å²) in [5.74, 6) is 0.847. The van der Waals surface area contributed by atoms with Crippen LogP contribution >= 0.6 is 0 Å². The fourth-order valence-corrected chi connectivity index (χ4v) is 7.11. The van der Waals surface area contributed by atoms with Gasteiger partial charge in [-0.25, -0.2) is 4.99 Å². The van der Waals surface area contributed by atoms with E-state index in [-0.39, 0.29) is 12.2 Å². The lowest BCUT2D eigenvalue weighted by molar-refractivity contribution is 0.653. The highest BCUT2D eigenvalue weighted by Gasteiger charge is 2.25. The third-order valence-corrected chi connectivity index (χ3v) is 9.86. The molecule has 7 aromatic carbocycles. The molecular weight excluding hydrogens is 633 g/mol. The van der Waals surface area contributed by atoms with E-state index in [2.05, 4.69) is 192 Å².